The summed E-state index contributed by atoms with van der Waals surface area (Å²) in [5.41, 5.74) is 2.82. The molecule has 0 saturated heterocycles. The molecule has 0 fully saturated rings. The molecule has 1 heteroatoms. The lowest BCUT2D eigenvalue weighted by atomic mass is 10.1. The van der Waals surface area contributed by atoms with Crippen LogP contribution in [0, 0.1) is 6.92 Å². The monoisotopic (exact) mass is 165 g/mol. The van der Waals surface area contributed by atoms with Crippen molar-refractivity contribution in [3.8, 4) is 0 Å². The fourth-order valence-corrected chi connectivity index (χ4v) is 1.14. The average Bonchev–Trinajstić information content (AvgIpc) is 2.04. The Hall–Kier alpha value is -0.820. The predicted octanol–water partition coefficient (Wildman–Crippen LogP) is 3.50. The first-order chi connectivity index (χ1) is 5.33. The summed E-state index contributed by atoms with van der Waals surface area (Å²) >= 11 is 0. The Bertz CT molecular complexity index is 201. The highest BCUT2D eigenvalue weighted by Gasteiger charge is 1.90. The summed E-state index contributed by atoms with van der Waals surface area (Å²) in [6, 6.07) is 8.83. The maximum Gasteiger partial charge on any atom is -0.0279 e. The molecule has 0 spiro atoms. The highest BCUT2D eigenvalue weighted by Crippen LogP contribution is 2.06. The maximum atomic E-state index is 2.23. The SMILES string of the molecule is CCCCc1ccc(C)cc1.N. The molecule has 0 atom stereocenters. The van der Waals surface area contributed by atoms with Gasteiger partial charge in [0.15, 0.2) is 0 Å². The molecule has 1 rings (SSSR count). The molecule has 0 bridgehead atoms. The van der Waals surface area contributed by atoms with E-state index in [4.69, 9.17) is 0 Å². The second-order valence-corrected chi connectivity index (χ2v) is 3.09. The number of aryl methyl sites for hydroxylation is 2. The highest BCUT2D eigenvalue weighted by atomic mass is 14.0. The van der Waals surface area contributed by atoms with Gasteiger partial charge in [0, 0.05) is 0 Å². The summed E-state index contributed by atoms with van der Waals surface area (Å²) in [4.78, 5) is 0. The van der Waals surface area contributed by atoms with Crippen molar-refractivity contribution in [1.29, 1.82) is 0 Å². The van der Waals surface area contributed by atoms with Gasteiger partial charge in [-0.25, -0.2) is 0 Å². The van der Waals surface area contributed by atoms with Crippen molar-refractivity contribution in [3.63, 3.8) is 0 Å². The molecule has 3 N–H and O–H groups in total. The van der Waals surface area contributed by atoms with Crippen LogP contribution in [0.15, 0.2) is 24.3 Å². The van der Waals surface area contributed by atoms with Gasteiger partial charge in [0.1, 0.15) is 0 Å². The molecule has 0 unspecified atom stereocenters. The minimum absolute atomic E-state index is 0. The second kappa shape index (κ2) is 5.78. The van der Waals surface area contributed by atoms with Crippen LogP contribution in [0.25, 0.3) is 0 Å². The fourth-order valence-electron chi connectivity index (χ4n) is 1.14. The first-order valence-corrected chi connectivity index (χ1v) is 4.38. The van der Waals surface area contributed by atoms with Crippen LogP contribution in [0.4, 0.5) is 0 Å². The highest BCUT2D eigenvalue weighted by molar-refractivity contribution is 5.21. The molecule has 0 saturated carbocycles. The van der Waals surface area contributed by atoms with E-state index in [-0.39, 0.29) is 6.15 Å². The molecule has 1 nitrogen and oxygen atoms in total. The van der Waals surface area contributed by atoms with E-state index in [1.165, 1.54) is 30.4 Å². The van der Waals surface area contributed by atoms with Gasteiger partial charge in [-0.2, -0.15) is 0 Å². The minimum Gasteiger partial charge on any atom is -0.344 e. The molecule has 0 aliphatic heterocycles. The van der Waals surface area contributed by atoms with E-state index in [9.17, 15) is 0 Å². The summed E-state index contributed by atoms with van der Waals surface area (Å²) in [7, 11) is 0. The number of unbranched alkanes of at least 4 members (excludes halogenated alkanes) is 1. The van der Waals surface area contributed by atoms with Gasteiger partial charge in [-0.05, 0) is 25.3 Å². The molecule has 12 heavy (non-hydrogen) atoms. The van der Waals surface area contributed by atoms with Crippen LogP contribution in [-0.2, 0) is 6.42 Å². The van der Waals surface area contributed by atoms with E-state index in [1.807, 2.05) is 0 Å². The van der Waals surface area contributed by atoms with Crippen LogP contribution in [0.2, 0.25) is 0 Å². The Kier molecular flexibility index (Phi) is 5.39. The molecule has 1 aromatic carbocycles. The number of hydrogen-bond donors (Lipinski definition) is 1. The van der Waals surface area contributed by atoms with Gasteiger partial charge in [-0.1, -0.05) is 43.2 Å². The van der Waals surface area contributed by atoms with E-state index >= 15 is 0 Å². The molecule has 0 aliphatic rings. The molecule has 0 aromatic heterocycles. The molecular formula is C11H19N. The lowest BCUT2D eigenvalue weighted by molar-refractivity contribution is 0.795. The Morgan fingerprint density at radius 3 is 2.17 bits per heavy atom. The third kappa shape index (κ3) is 3.54. The summed E-state index contributed by atoms with van der Waals surface area (Å²) in [6.07, 6.45) is 3.83. The van der Waals surface area contributed by atoms with Gasteiger partial charge in [0.25, 0.3) is 0 Å². The molecular weight excluding hydrogens is 146 g/mol. The summed E-state index contributed by atoms with van der Waals surface area (Å²) < 4.78 is 0. The average molecular weight is 165 g/mol. The van der Waals surface area contributed by atoms with E-state index in [0.717, 1.165) is 0 Å². The van der Waals surface area contributed by atoms with E-state index in [0.29, 0.717) is 0 Å². The molecule has 68 valence electrons. The van der Waals surface area contributed by atoms with E-state index in [1.54, 1.807) is 0 Å². The zero-order valence-corrected chi connectivity index (χ0v) is 8.14. The van der Waals surface area contributed by atoms with Crippen LogP contribution in [-0.4, -0.2) is 0 Å². The molecule has 0 heterocycles. The van der Waals surface area contributed by atoms with Crippen molar-refractivity contribution in [2.24, 2.45) is 0 Å². The molecule has 0 amide bonds. The van der Waals surface area contributed by atoms with Gasteiger partial charge in [0.2, 0.25) is 0 Å². The fraction of sp³-hybridized carbons (Fsp3) is 0.455. The van der Waals surface area contributed by atoms with Crippen LogP contribution in [0.1, 0.15) is 30.9 Å². The molecule has 1 aromatic rings. The molecule has 0 aliphatic carbocycles. The summed E-state index contributed by atoms with van der Waals surface area (Å²) in [6.45, 7) is 4.36. The van der Waals surface area contributed by atoms with Crippen LogP contribution in [0.3, 0.4) is 0 Å². The lowest BCUT2D eigenvalue weighted by Gasteiger charge is -1.99. The largest absolute Gasteiger partial charge is 0.344 e. The van der Waals surface area contributed by atoms with Crippen molar-refractivity contribution in [3.05, 3.63) is 35.4 Å². The van der Waals surface area contributed by atoms with Crippen molar-refractivity contribution in [2.45, 2.75) is 33.1 Å². The number of rotatable bonds is 3. The van der Waals surface area contributed by atoms with E-state index in [2.05, 4.69) is 38.1 Å². The predicted molar refractivity (Wildman–Crippen MR) is 54.8 cm³/mol. The second-order valence-electron chi connectivity index (χ2n) is 3.09. The smallest absolute Gasteiger partial charge is 0.0279 e. The first kappa shape index (κ1) is 11.2. The van der Waals surface area contributed by atoms with Crippen molar-refractivity contribution < 1.29 is 0 Å². The minimum atomic E-state index is 0. The molecule has 0 radical (unpaired) electrons. The van der Waals surface area contributed by atoms with Crippen molar-refractivity contribution >= 4 is 0 Å². The van der Waals surface area contributed by atoms with Crippen LogP contribution in [0.5, 0.6) is 0 Å². The lowest BCUT2D eigenvalue weighted by Crippen LogP contribution is -1.83. The third-order valence-electron chi connectivity index (χ3n) is 1.94. The van der Waals surface area contributed by atoms with Gasteiger partial charge in [0.05, 0.1) is 0 Å². The quantitative estimate of drug-likeness (QED) is 0.731. The Morgan fingerprint density at radius 1 is 1.08 bits per heavy atom. The Morgan fingerprint density at radius 2 is 1.67 bits per heavy atom. The summed E-state index contributed by atoms with van der Waals surface area (Å²) in [5.74, 6) is 0. The normalized spacial score (nSPS) is 9.17. The van der Waals surface area contributed by atoms with Crippen LogP contribution >= 0.6 is 0 Å². The summed E-state index contributed by atoms with van der Waals surface area (Å²) in [5, 5.41) is 0. The van der Waals surface area contributed by atoms with Gasteiger partial charge < -0.3 is 6.15 Å². The van der Waals surface area contributed by atoms with Gasteiger partial charge in [-0.3, -0.25) is 0 Å². The maximum absolute atomic E-state index is 2.23. The van der Waals surface area contributed by atoms with Crippen molar-refractivity contribution in [2.75, 3.05) is 0 Å². The Labute approximate surface area is 75.4 Å². The zero-order valence-electron chi connectivity index (χ0n) is 8.14. The topological polar surface area (TPSA) is 35.0 Å². The van der Waals surface area contributed by atoms with E-state index < -0.39 is 0 Å². The number of benzene rings is 1. The zero-order chi connectivity index (χ0) is 8.10. The Balaban J connectivity index is 0.00000121. The van der Waals surface area contributed by atoms with Crippen molar-refractivity contribution in [1.82, 2.24) is 6.15 Å². The van der Waals surface area contributed by atoms with Crippen LogP contribution < -0.4 is 6.15 Å². The van der Waals surface area contributed by atoms with Gasteiger partial charge in [-0.15, -0.1) is 0 Å². The first-order valence-electron chi connectivity index (χ1n) is 4.38. The van der Waals surface area contributed by atoms with Gasteiger partial charge >= 0.3 is 0 Å². The third-order valence-corrected chi connectivity index (χ3v) is 1.94. The number of hydrogen-bond acceptors (Lipinski definition) is 1. The standard InChI is InChI=1S/C11H16.H3N/c1-3-4-5-11-8-6-10(2)7-9-11;/h6-9H,3-5H2,1-2H3;1H3.